The Morgan fingerprint density at radius 3 is 2.46 bits per heavy atom. The number of phenols is 1. The molecule has 4 heterocycles. The Kier molecular flexibility index (Phi) is 8.84. The summed E-state index contributed by atoms with van der Waals surface area (Å²) in [5.41, 5.74) is -3.82. The highest BCUT2D eigenvalue weighted by molar-refractivity contribution is 6.04. The fourth-order valence-electron chi connectivity index (χ4n) is 9.36. The van der Waals surface area contributed by atoms with Crippen LogP contribution in [0.1, 0.15) is 70.3 Å². The molecule has 14 heteroatoms. The molecule has 2 aliphatic carbocycles. The molecule has 2 aromatic heterocycles. The van der Waals surface area contributed by atoms with Gasteiger partial charge in [-0.05, 0) is 88.4 Å². The minimum absolute atomic E-state index is 0.0148. The third kappa shape index (κ3) is 6.13. The summed E-state index contributed by atoms with van der Waals surface area (Å²) in [7, 11) is 1.36. The number of anilines is 1. The van der Waals surface area contributed by atoms with Gasteiger partial charge >= 0.3 is 12.2 Å². The highest BCUT2D eigenvalue weighted by Crippen LogP contribution is 2.59. The highest BCUT2D eigenvalue weighted by atomic mass is 19.4. The van der Waals surface area contributed by atoms with Gasteiger partial charge in [0.15, 0.2) is 5.82 Å². The molecule has 9 nitrogen and oxygen atoms in total. The van der Waals surface area contributed by atoms with Crippen molar-refractivity contribution >= 4 is 27.5 Å². The Bertz CT molecular complexity index is 2180. The molecule has 2 aromatic carbocycles. The molecule has 2 saturated carbocycles. The maximum atomic E-state index is 17.2. The SMILES string of the molecule is C#Cc1c(F)ccc2cc(O)cc(-c3nc(OC)c4c(N5CCCC(C)(O)C5)nc(OCC56CCCC5N(CC5(C(F)(F)F)CC5)CCC6)nc4c3F)c12. The Morgan fingerprint density at radius 1 is 1.00 bits per heavy atom. The number of rotatable bonds is 8. The molecule has 286 valence electrons. The average Bonchev–Trinajstić information content (AvgIpc) is 3.80. The van der Waals surface area contributed by atoms with E-state index in [0.29, 0.717) is 31.3 Å². The third-order valence-electron chi connectivity index (χ3n) is 12.2. The molecule has 4 fully saturated rings. The standard InChI is InChI=1S/C40H42F5N5O4/c1-4-25-27(41)10-9-23-18-24(51)19-26(29(23)25)32-31(42)33-30(35(46-32)53-3)34(50-17-6-11-37(2,52)20-50)48-36(47-33)54-22-38-12-5-8-28(38)49(16-7-13-38)21-39(14-15-39)40(43,44)45/h1,9-10,18-19,28,51-52H,5-8,11-17,20-22H2,2-3H3. The van der Waals surface area contributed by atoms with Gasteiger partial charge in [-0.3, -0.25) is 4.90 Å². The van der Waals surface area contributed by atoms with Crippen molar-refractivity contribution < 1.29 is 41.6 Å². The number of halogens is 5. The Balaban J connectivity index is 1.24. The number of hydrogen-bond donors (Lipinski definition) is 2. The Hall–Kier alpha value is -4.48. The van der Waals surface area contributed by atoms with Crippen molar-refractivity contribution in [1.29, 1.82) is 0 Å². The number of phenolic OH excluding ortho intramolecular Hbond substituents is 1. The molecule has 54 heavy (non-hydrogen) atoms. The van der Waals surface area contributed by atoms with Crippen molar-refractivity contribution in [2.75, 3.05) is 44.8 Å². The van der Waals surface area contributed by atoms with Gasteiger partial charge in [-0.1, -0.05) is 18.4 Å². The van der Waals surface area contributed by atoms with Crippen LogP contribution >= 0.6 is 0 Å². The molecule has 3 unspecified atom stereocenters. The number of likely N-dealkylation sites (tertiary alicyclic amines) is 1. The molecular weight excluding hydrogens is 709 g/mol. The van der Waals surface area contributed by atoms with E-state index >= 15 is 8.78 Å². The molecular formula is C40H42F5N5O4. The highest BCUT2D eigenvalue weighted by Gasteiger charge is 2.64. The lowest BCUT2D eigenvalue weighted by molar-refractivity contribution is -0.196. The van der Waals surface area contributed by atoms with Crippen molar-refractivity contribution in [3.05, 3.63) is 41.5 Å². The van der Waals surface area contributed by atoms with Crippen LogP contribution in [0.4, 0.5) is 27.8 Å². The molecule has 0 radical (unpaired) electrons. The van der Waals surface area contributed by atoms with Crippen LogP contribution in [0.5, 0.6) is 17.6 Å². The minimum atomic E-state index is -4.25. The smallest absolute Gasteiger partial charge is 0.395 e. The van der Waals surface area contributed by atoms with Gasteiger partial charge in [0.1, 0.15) is 34.0 Å². The molecule has 3 atom stereocenters. The summed E-state index contributed by atoms with van der Waals surface area (Å²) in [5.74, 6) is 0.647. The van der Waals surface area contributed by atoms with E-state index < -0.39 is 34.2 Å². The van der Waals surface area contributed by atoms with Crippen LogP contribution in [0.3, 0.4) is 0 Å². The second-order valence-electron chi connectivity index (χ2n) is 15.9. The third-order valence-corrected chi connectivity index (χ3v) is 12.2. The molecule has 0 bridgehead atoms. The average molecular weight is 752 g/mol. The summed E-state index contributed by atoms with van der Waals surface area (Å²) in [6.45, 7) is 3.03. The van der Waals surface area contributed by atoms with Crippen molar-refractivity contribution in [3.63, 3.8) is 0 Å². The van der Waals surface area contributed by atoms with Gasteiger partial charge in [-0.2, -0.15) is 23.1 Å². The van der Waals surface area contributed by atoms with E-state index in [9.17, 15) is 23.4 Å². The Morgan fingerprint density at radius 2 is 1.76 bits per heavy atom. The monoisotopic (exact) mass is 751 g/mol. The summed E-state index contributed by atoms with van der Waals surface area (Å²) in [4.78, 5) is 17.7. The van der Waals surface area contributed by atoms with E-state index in [0.717, 1.165) is 32.1 Å². The lowest BCUT2D eigenvalue weighted by atomic mass is 9.75. The molecule has 4 aliphatic rings. The number of methoxy groups -OCH3 is 1. The number of terminal acetylenes is 1. The predicted octanol–water partition coefficient (Wildman–Crippen LogP) is 7.53. The van der Waals surface area contributed by atoms with Gasteiger partial charge in [0.05, 0.1) is 30.3 Å². The van der Waals surface area contributed by atoms with Gasteiger partial charge in [0, 0.05) is 42.0 Å². The lowest BCUT2D eigenvalue weighted by Crippen LogP contribution is -2.54. The molecule has 0 amide bonds. The number of nitrogens with zero attached hydrogens (tertiary/aromatic N) is 5. The second-order valence-corrected chi connectivity index (χ2v) is 15.9. The first kappa shape index (κ1) is 36.5. The molecule has 2 saturated heterocycles. The lowest BCUT2D eigenvalue weighted by Gasteiger charge is -2.47. The zero-order valence-electron chi connectivity index (χ0n) is 30.2. The van der Waals surface area contributed by atoms with E-state index in [1.807, 2.05) is 9.80 Å². The zero-order chi connectivity index (χ0) is 38.2. The minimum Gasteiger partial charge on any atom is -0.508 e. The number of piperidine rings is 2. The second kappa shape index (κ2) is 13.1. The molecule has 0 spiro atoms. The van der Waals surface area contributed by atoms with Crippen LogP contribution < -0.4 is 14.4 Å². The summed E-state index contributed by atoms with van der Waals surface area (Å²) >= 11 is 0. The molecule has 2 aliphatic heterocycles. The number of β-amino-alcohol motifs (C(OH)–C–C–N with tert-alkyl or cyclic N) is 1. The number of pyridine rings is 1. The van der Waals surface area contributed by atoms with Crippen LogP contribution in [0.15, 0.2) is 24.3 Å². The summed E-state index contributed by atoms with van der Waals surface area (Å²) in [5, 5.41) is 22.4. The molecule has 4 aromatic rings. The first-order valence-electron chi connectivity index (χ1n) is 18.5. The molecule has 2 N–H and O–H groups in total. The Labute approximate surface area is 309 Å². The van der Waals surface area contributed by atoms with Crippen molar-refractivity contribution in [2.45, 2.75) is 82.5 Å². The first-order valence-corrected chi connectivity index (χ1v) is 18.5. The van der Waals surface area contributed by atoms with Crippen LogP contribution in [0.2, 0.25) is 0 Å². The number of aliphatic hydroxyl groups is 1. The van der Waals surface area contributed by atoms with Crippen molar-refractivity contribution in [1.82, 2.24) is 19.9 Å². The van der Waals surface area contributed by atoms with Crippen molar-refractivity contribution in [2.24, 2.45) is 10.8 Å². The van der Waals surface area contributed by atoms with Gasteiger partial charge in [0.25, 0.3) is 0 Å². The number of alkyl halides is 3. The first-order chi connectivity index (χ1) is 25.7. The number of benzene rings is 2. The maximum absolute atomic E-state index is 17.2. The van der Waals surface area contributed by atoms with Crippen LogP contribution in [-0.4, -0.2) is 87.8 Å². The van der Waals surface area contributed by atoms with Crippen LogP contribution in [-0.2, 0) is 0 Å². The van der Waals surface area contributed by atoms with Crippen LogP contribution in [0, 0.1) is 34.8 Å². The topological polar surface area (TPSA) is 104 Å². The van der Waals surface area contributed by atoms with Gasteiger partial charge < -0.3 is 24.6 Å². The van der Waals surface area contributed by atoms with Crippen LogP contribution in [0.25, 0.3) is 32.9 Å². The number of aromatic hydroxyl groups is 1. The predicted molar refractivity (Wildman–Crippen MR) is 193 cm³/mol. The summed E-state index contributed by atoms with van der Waals surface area (Å²) in [6, 6.07) is 4.97. The number of hydrogen-bond acceptors (Lipinski definition) is 9. The largest absolute Gasteiger partial charge is 0.508 e. The van der Waals surface area contributed by atoms with Gasteiger partial charge in [0.2, 0.25) is 5.88 Å². The number of ether oxygens (including phenoxy) is 2. The summed E-state index contributed by atoms with van der Waals surface area (Å²) < 4.78 is 86.5. The van der Waals surface area contributed by atoms with E-state index in [4.69, 9.17) is 20.9 Å². The number of fused-ring (bicyclic) bond motifs is 3. The maximum Gasteiger partial charge on any atom is 0.395 e. The fraction of sp³-hybridized carbons (Fsp3) is 0.525. The van der Waals surface area contributed by atoms with E-state index in [1.165, 1.54) is 31.4 Å². The van der Waals surface area contributed by atoms with E-state index in [1.54, 1.807) is 6.92 Å². The quantitative estimate of drug-likeness (QED) is 0.140. The van der Waals surface area contributed by atoms with Gasteiger partial charge in [-0.25, -0.2) is 13.8 Å². The summed E-state index contributed by atoms with van der Waals surface area (Å²) in [6.07, 6.45) is 6.74. The van der Waals surface area contributed by atoms with Crippen molar-refractivity contribution in [3.8, 4) is 41.2 Å². The number of aromatic nitrogens is 3. The van der Waals surface area contributed by atoms with Gasteiger partial charge in [-0.15, -0.1) is 6.42 Å². The van der Waals surface area contributed by atoms with E-state index in [2.05, 4.69) is 15.9 Å². The zero-order valence-corrected chi connectivity index (χ0v) is 30.2. The fourth-order valence-corrected chi connectivity index (χ4v) is 9.36. The molecule has 8 rings (SSSR count). The normalized spacial score (nSPS) is 25.5. The van der Waals surface area contributed by atoms with E-state index in [-0.39, 0.29) is 95.1 Å².